The van der Waals surface area contributed by atoms with Gasteiger partial charge in [-0.2, -0.15) is 12.6 Å². The van der Waals surface area contributed by atoms with Crippen molar-refractivity contribution in [1.82, 2.24) is 10.5 Å². The minimum atomic E-state index is 0.0211. The summed E-state index contributed by atoms with van der Waals surface area (Å²) in [7, 11) is 0. The lowest BCUT2D eigenvalue weighted by atomic mass is 10.2. The molecule has 0 fully saturated rings. The minimum Gasteiger partial charge on any atom is -0.356 e. The first kappa shape index (κ1) is 12.0. The van der Waals surface area contributed by atoms with Crippen LogP contribution in [0.5, 0.6) is 0 Å². The van der Waals surface area contributed by atoms with Crippen LogP contribution in [0.4, 0.5) is 0 Å². The molecule has 0 aliphatic heterocycles. The number of aromatic nitrogens is 1. The zero-order valence-corrected chi connectivity index (χ0v) is 10.2. The second-order valence-electron chi connectivity index (χ2n) is 3.70. The number of nitrogens with zero attached hydrogens (tertiary/aromatic N) is 1. The number of carbonyl (C=O) groups excluding carboxylic acids is 1. The van der Waals surface area contributed by atoms with Crippen molar-refractivity contribution >= 4 is 29.5 Å². The number of thiol groups is 1. The van der Waals surface area contributed by atoms with Gasteiger partial charge in [-0.15, -0.1) is 0 Å². The number of benzene rings is 1. The summed E-state index contributed by atoms with van der Waals surface area (Å²) in [6.45, 7) is 0.573. The van der Waals surface area contributed by atoms with E-state index in [0.717, 1.165) is 16.7 Å². The molecule has 1 aromatic heterocycles. The molecule has 1 N–H and O–H groups in total. The Morgan fingerprint density at radius 3 is 3.06 bits per heavy atom. The van der Waals surface area contributed by atoms with Crippen LogP contribution in [0.1, 0.15) is 12.1 Å². The normalized spacial score (nSPS) is 10.6. The third-order valence-electron chi connectivity index (χ3n) is 2.47. The van der Waals surface area contributed by atoms with Crippen LogP contribution in [0.2, 0.25) is 0 Å². The fourth-order valence-corrected chi connectivity index (χ4v) is 1.83. The molecule has 17 heavy (non-hydrogen) atoms. The summed E-state index contributed by atoms with van der Waals surface area (Å²) in [5.74, 6) is 0.589. The Hall–Kier alpha value is -1.49. The largest absolute Gasteiger partial charge is 0.356 e. The van der Waals surface area contributed by atoms with Gasteiger partial charge in [0.25, 0.3) is 0 Å². The van der Waals surface area contributed by atoms with Gasteiger partial charge in [0, 0.05) is 24.8 Å². The van der Waals surface area contributed by atoms with Gasteiger partial charge in [-0.3, -0.25) is 4.79 Å². The number of nitrogens with one attached hydrogen (secondary N) is 1. The highest BCUT2D eigenvalue weighted by atomic mass is 32.1. The van der Waals surface area contributed by atoms with Crippen LogP contribution in [0.15, 0.2) is 28.8 Å². The predicted octanol–water partition coefficient (Wildman–Crippen LogP) is 1.81. The fraction of sp³-hybridized carbons (Fsp3) is 0.333. The topological polar surface area (TPSA) is 55.1 Å². The Bertz CT molecular complexity index is 510. The molecular weight excluding hydrogens is 236 g/mol. The van der Waals surface area contributed by atoms with Crippen LogP contribution in [-0.2, 0) is 11.2 Å². The van der Waals surface area contributed by atoms with E-state index in [4.69, 9.17) is 4.52 Å². The predicted molar refractivity (Wildman–Crippen MR) is 69.2 cm³/mol. The smallest absolute Gasteiger partial charge is 0.220 e. The van der Waals surface area contributed by atoms with E-state index in [2.05, 4.69) is 23.1 Å². The first-order chi connectivity index (χ1) is 8.31. The van der Waals surface area contributed by atoms with E-state index in [9.17, 15) is 4.79 Å². The molecule has 2 aromatic rings. The van der Waals surface area contributed by atoms with Crippen molar-refractivity contribution < 1.29 is 9.32 Å². The zero-order valence-electron chi connectivity index (χ0n) is 9.35. The van der Waals surface area contributed by atoms with Crippen molar-refractivity contribution in [3.63, 3.8) is 0 Å². The third kappa shape index (κ3) is 3.00. The molecule has 1 aromatic carbocycles. The summed E-state index contributed by atoms with van der Waals surface area (Å²) in [5.41, 5.74) is 1.66. The number of hydrogen-bond acceptors (Lipinski definition) is 4. The van der Waals surface area contributed by atoms with E-state index in [1.165, 1.54) is 0 Å². The maximum Gasteiger partial charge on any atom is 0.220 e. The van der Waals surface area contributed by atoms with Crippen molar-refractivity contribution in [3.05, 3.63) is 30.0 Å². The SMILES string of the molecule is O=C(CCS)NCCc1noc2ccccc12. The van der Waals surface area contributed by atoms with Gasteiger partial charge in [0.1, 0.15) is 0 Å². The first-order valence-corrected chi connectivity index (χ1v) is 6.15. The van der Waals surface area contributed by atoms with Gasteiger partial charge < -0.3 is 9.84 Å². The summed E-state index contributed by atoms with van der Waals surface area (Å²) in [6, 6.07) is 7.70. The molecule has 4 nitrogen and oxygen atoms in total. The standard InChI is InChI=1S/C12H14N2O2S/c15-12(6-8-17)13-7-5-10-9-3-1-2-4-11(9)16-14-10/h1-4,17H,5-8H2,(H,13,15). The lowest BCUT2D eigenvalue weighted by Crippen LogP contribution is -2.25. The lowest BCUT2D eigenvalue weighted by Gasteiger charge is -2.01. The Balaban J connectivity index is 1.93. The Labute approximate surface area is 105 Å². The van der Waals surface area contributed by atoms with Gasteiger partial charge >= 0.3 is 0 Å². The number of rotatable bonds is 5. The fourth-order valence-electron chi connectivity index (χ4n) is 1.63. The van der Waals surface area contributed by atoms with Gasteiger partial charge in [-0.25, -0.2) is 0 Å². The van der Waals surface area contributed by atoms with Crippen molar-refractivity contribution in [2.45, 2.75) is 12.8 Å². The van der Waals surface area contributed by atoms with Crippen LogP contribution < -0.4 is 5.32 Å². The molecule has 0 radical (unpaired) electrons. The molecule has 5 heteroatoms. The minimum absolute atomic E-state index is 0.0211. The maximum atomic E-state index is 11.2. The number of fused-ring (bicyclic) bond motifs is 1. The van der Waals surface area contributed by atoms with E-state index >= 15 is 0 Å². The number of amides is 1. The highest BCUT2D eigenvalue weighted by Crippen LogP contribution is 2.17. The summed E-state index contributed by atoms with van der Waals surface area (Å²) >= 11 is 4.00. The highest BCUT2D eigenvalue weighted by Gasteiger charge is 2.07. The first-order valence-electron chi connectivity index (χ1n) is 5.52. The van der Waals surface area contributed by atoms with Gasteiger partial charge in [0.15, 0.2) is 5.58 Å². The molecule has 0 aliphatic rings. The molecule has 0 bridgehead atoms. The van der Waals surface area contributed by atoms with Crippen LogP contribution in [-0.4, -0.2) is 23.4 Å². The summed E-state index contributed by atoms with van der Waals surface area (Å²) < 4.78 is 5.18. The molecule has 0 saturated heterocycles. The van der Waals surface area contributed by atoms with Crippen LogP contribution in [0, 0.1) is 0 Å². The molecule has 0 atom stereocenters. The summed E-state index contributed by atoms with van der Waals surface area (Å²) in [5, 5.41) is 7.82. The third-order valence-corrected chi connectivity index (χ3v) is 2.70. The summed E-state index contributed by atoms with van der Waals surface area (Å²) in [4.78, 5) is 11.2. The second kappa shape index (κ2) is 5.72. The van der Waals surface area contributed by atoms with Crippen LogP contribution in [0.25, 0.3) is 11.0 Å². The van der Waals surface area contributed by atoms with Crippen LogP contribution >= 0.6 is 12.6 Å². The van der Waals surface area contributed by atoms with E-state index in [1.54, 1.807) is 0 Å². The Morgan fingerprint density at radius 2 is 2.24 bits per heavy atom. The number of hydrogen-bond donors (Lipinski definition) is 2. The molecule has 1 amide bonds. The van der Waals surface area contributed by atoms with Crippen molar-refractivity contribution in [3.8, 4) is 0 Å². The highest BCUT2D eigenvalue weighted by molar-refractivity contribution is 7.80. The van der Waals surface area contributed by atoms with Gasteiger partial charge in [0.2, 0.25) is 5.91 Å². The van der Waals surface area contributed by atoms with Crippen LogP contribution in [0.3, 0.4) is 0 Å². The average Bonchev–Trinajstić information content (AvgIpc) is 2.73. The van der Waals surface area contributed by atoms with E-state index in [-0.39, 0.29) is 5.91 Å². The molecule has 90 valence electrons. The van der Waals surface area contributed by atoms with Gasteiger partial charge in [0.05, 0.1) is 5.69 Å². The summed E-state index contributed by atoms with van der Waals surface area (Å²) in [6.07, 6.45) is 1.12. The second-order valence-corrected chi connectivity index (χ2v) is 4.15. The zero-order chi connectivity index (χ0) is 12.1. The number of para-hydroxylation sites is 1. The molecule has 0 aliphatic carbocycles. The molecule has 1 heterocycles. The Morgan fingerprint density at radius 1 is 1.41 bits per heavy atom. The lowest BCUT2D eigenvalue weighted by molar-refractivity contribution is -0.120. The molecule has 0 unspecified atom stereocenters. The van der Waals surface area contributed by atoms with E-state index in [0.29, 0.717) is 25.1 Å². The maximum absolute atomic E-state index is 11.2. The number of carbonyl (C=O) groups is 1. The molecule has 0 spiro atoms. The Kier molecular flexibility index (Phi) is 4.03. The molecule has 0 saturated carbocycles. The van der Waals surface area contributed by atoms with Gasteiger partial charge in [-0.1, -0.05) is 17.3 Å². The van der Waals surface area contributed by atoms with E-state index < -0.39 is 0 Å². The molecular formula is C12H14N2O2S. The van der Waals surface area contributed by atoms with Crippen molar-refractivity contribution in [2.75, 3.05) is 12.3 Å². The van der Waals surface area contributed by atoms with Crippen molar-refractivity contribution in [1.29, 1.82) is 0 Å². The molecule has 2 rings (SSSR count). The monoisotopic (exact) mass is 250 g/mol. The van der Waals surface area contributed by atoms with Gasteiger partial charge in [-0.05, 0) is 17.9 Å². The quantitative estimate of drug-likeness (QED) is 0.796. The average molecular weight is 250 g/mol. The van der Waals surface area contributed by atoms with E-state index in [1.807, 2.05) is 24.3 Å². The van der Waals surface area contributed by atoms with Crippen molar-refractivity contribution in [2.24, 2.45) is 0 Å².